The SMILES string of the molecule is CCN1C[C@]2(COC(=O)c3ccccc3-n3c(O)c(C)c(-c4ccccc4)c3O)CC[C@H](OC)C34C2[C@H](OC)[C@](O)(C13)[C@@]1(O)C[C@H](OC)[C@H]2C[C@@H]4[C@@H]1[C@H]2OC. The van der Waals surface area contributed by atoms with Crippen LogP contribution in [0.2, 0.25) is 0 Å². The van der Waals surface area contributed by atoms with Crippen LogP contribution in [0.5, 0.6) is 11.8 Å². The maximum atomic E-state index is 14.4. The number of carbonyl (C=O) groups excluding carboxylic acids is 1. The summed E-state index contributed by atoms with van der Waals surface area (Å²) in [6.07, 6.45) is 0.687. The average Bonchev–Trinajstić information content (AvgIpc) is 3.71. The van der Waals surface area contributed by atoms with Crippen molar-refractivity contribution < 1.29 is 48.9 Å². The average molecular weight is 759 g/mol. The summed E-state index contributed by atoms with van der Waals surface area (Å²) >= 11 is 0. The van der Waals surface area contributed by atoms with Crippen LogP contribution in [0, 0.1) is 41.4 Å². The first-order valence-corrected chi connectivity index (χ1v) is 19.7. The number of likely N-dealkylation sites (tertiary alicyclic amines) is 1. The number of aromatic nitrogens is 1. The highest BCUT2D eigenvalue weighted by Crippen LogP contribution is 2.80. The number of nitrogens with zero attached hydrogens (tertiary/aromatic N) is 2. The Kier molecular flexibility index (Phi) is 8.61. The summed E-state index contributed by atoms with van der Waals surface area (Å²) in [5, 5.41) is 49.7. The highest BCUT2D eigenvalue weighted by atomic mass is 16.5. The Morgan fingerprint density at radius 2 is 1.65 bits per heavy atom. The Morgan fingerprint density at radius 1 is 0.927 bits per heavy atom. The van der Waals surface area contributed by atoms with E-state index < -0.39 is 40.1 Å². The molecule has 6 fully saturated rings. The molecule has 0 radical (unpaired) electrons. The molecule has 2 aromatic carbocycles. The number of aromatic hydroxyl groups is 2. The third-order valence-electron chi connectivity index (χ3n) is 15.6. The summed E-state index contributed by atoms with van der Waals surface area (Å²) in [5.41, 5.74) is -2.44. The number of hydrogen-bond acceptors (Lipinski definition) is 11. The van der Waals surface area contributed by atoms with E-state index in [-0.39, 0.29) is 78.0 Å². The molecule has 3 aromatic rings. The molecule has 13 atom stereocenters. The van der Waals surface area contributed by atoms with Crippen molar-refractivity contribution in [3.8, 4) is 28.6 Å². The van der Waals surface area contributed by atoms with Gasteiger partial charge >= 0.3 is 5.97 Å². The van der Waals surface area contributed by atoms with Gasteiger partial charge in [0.25, 0.3) is 0 Å². The number of fused-ring (bicyclic) bond motifs is 2. The van der Waals surface area contributed by atoms with Crippen LogP contribution in [0.25, 0.3) is 16.8 Å². The van der Waals surface area contributed by atoms with Gasteiger partial charge < -0.3 is 44.1 Å². The number of likely N-dealkylation sites (N-methyl/N-ethyl adjacent to an activating group) is 1. The molecule has 55 heavy (non-hydrogen) atoms. The summed E-state index contributed by atoms with van der Waals surface area (Å²) in [4.78, 5) is 16.7. The first-order valence-electron chi connectivity index (χ1n) is 19.7. The van der Waals surface area contributed by atoms with Crippen molar-refractivity contribution in [3.05, 3.63) is 65.7 Å². The zero-order valence-corrected chi connectivity index (χ0v) is 32.5. The van der Waals surface area contributed by atoms with Gasteiger partial charge in [-0.3, -0.25) is 4.90 Å². The van der Waals surface area contributed by atoms with E-state index in [1.165, 1.54) is 4.57 Å². The van der Waals surface area contributed by atoms with Crippen molar-refractivity contribution in [2.75, 3.05) is 48.1 Å². The maximum Gasteiger partial charge on any atom is 0.340 e. The van der Waals surface area contributed by atoms with Crippen molar-refractivity contribution >= 4 is 5.97 Å². The van der Waals surface area contributed by atoms with Gasteiger partial charge in [-0.05, 0) is 56.3 Å². The van der Waals surface area contributed by atoms with E-state index in [0.29, 0.717) is 37.1 Å². The van der Waals surface area contributed by atoms with Crippen LogP contribution in [-0.4, -0.2) is 126 Å². The van der Waals surface area contributed by atoms with E-state index in [4.69, 9.17) is 23.7 Å². The molecular weight excluding hydrogens is 704 g/mol. The molecule has 5 aliphatic carbocycles. The molecule has 4 N–H and O–H groups in total. The molecule has 9 rings (SSSR count). The van der Waals surface area contributed by atoms with Crippen molar-refractivity contribution in [3.63, 3.8) is 0 Å². The highest BCUT2D eigenvalue weighted by molar-refractivity contribution is 5.94. The fourth-order valence-corrected chi connectivity index (χ4v) is 14.0. The zero-order valence-electron chi connectivity index (χ0n) is 32.5. The predicted molar refractivity (Wildman–Crippen MR) is 201 cm³/mol. The van der Waals surface area contributed by atoms with E-state index >= 15 is 0 Å². The van der Waals surface area contributed by atoms with Crippen LogP contribution in [0.1, 0.15) is 48.5 Å². The molecular formula is C43H54N2O10. The zero-order chi connectivity index (χ0) is 38.8. The number of para-hydroxylation sites is 1. The van der Waals surface area contributed by atoms with Crippen molar-refractivity contribution in [1.29, 1.82) is 0 Å². The monoisotopic (exact) mass is 758 g/mol. The second-order valence-electron chi connectivity index (χ2n) is 17.1. The largest absolute Gasteiger partial charge is 0.494 e. The molecule has 0 amide bonds. The van der Waals surface area contributed by atoms with Gasteiger partial charge in [-0.1, -0.05) is 49.4 Å². The molecule has 1 aromatic heterocycles. The third-order valence-corrected chi connectivity index (χ3v) is 15.6. The number of aliphatic hydroxyl groups is 2. The van der Waals surface area contributed by atoms with Gasteiger partial charge in [0.15, 0.2) is 0 Å². The number of hydrogen-bond donors (Lipinski definition) is 4. The fourth-order valence-electron chi connectivity index (χ4n) is 14.0. The Bertz CT molecular complexity index is 1990. The second-order valence-corrected chi connectivity index (χ2v) is 17.1. The van der Waals surface area contributed by atoms with Crippen LogP contribution in [0.15, 0.2) is 54.6 Å². The highest BCUT2D eigenvalue weighted by Gasteiger charge is 2.91. The number of ether oxygens (including phenoxy) is 5. The van der Waals surface area contributed by atoms with Crippen LogP contribution in [0.4, 0.5) is 0 Å². The van der Waals surface area contributed by atoms with E-state index in [0.717, 1.165) is 12.0 Å². The standard InChI is InChI=1S/C43H54N2O10/c1-7-44-21-40(22-55-38(48)25-15-11-12-16-28(25)45-36(46)23(2)31(37(45)47)24-13-9-8-10-14-24)18-17-30(52-4)42-27-19-26-29(51-3)20-41(49,32(27)33(26)53-5)43(50,39(42)44)35(54-6)34(40)42/h8-16,26-27,29-30,32-35,39,46-47,49-50H,7,17-22H2,1-6H3/t26-,27-,29+,30+,32-,33+,34?,35+,39?,40+,41-,42?,43+/m1/s1. The molecule has 5 saturated carbocycles. The minimum Gasteiger partial charge on any atom is -0.494 e. The molecule has 296 valence electrons. The minimum absolute atomic E-state index is 0.0355. The summed E-state index contributed by atoms with van der Waals surface area (Å²) in [7, 11) is 6.73. The number of piperidine rings is 1. The van der Waals surface area contributed by atoms with Crippen LogP contribution in [0.3, 0.4) is 0 Å². The Hall–Kier alpha value is -3.49. The molecule has 1 aliphatic heterocycles. The van der Waals surface area contributed by atoms with Gasteiger partial charge in [0.2, 0.25) is 11.8 Å². The number of esters is 1. The van der Waals surface area contributed by atoms with Gasteiger partial charge in [0.05, 0.1) is 53.9 Å². The van der Waals surface area contributed by atoms with Crippen molar-refractivity contribution in [1.82, 2.24) is 9.47 Å². The molecule has 7 bridgehead atoms. The first kappa shape index (κ1) is 37.1. The molecule has 1 saturated heterocycles. The molecule has 6 aliphatic rings. The van der Waals surface area contributed by atoms with E-state index in [1.54, 1.807) is 59.6 Å². The fraction of sp³-hybridized carbons (Fsp3) is 0.605. The van der Waals surface area contributed by atoms with Gasteiger partial charge in [-0.15, -0.1) is 0 Å². The van der Waals surface area contributed by atoms with E-state index in [9.17, 15) is 25.2 Å². The predicted octanol–water partition coefficient (Wildman–Crippen LogP) is 4.31. The lowest BCUT2D eigenvalue weighted by molar-refractivity contribution is -0.320. The molecule has 1 spiro atoms. The molecule has 3 unspecified atom stereocenters. The first-order chi connectivity index (χ1) is 26.4. The third kappa shape index (κ3) is 4.39. The van der Waals surface area contributed by atoms with Crippen LogP contribution >= 0.6 is 0 Å². The Labute approximate surface area is 321 Å². The Morgan fingerprint density at radius 3 is 2.33 bits per heavy atom. The van der Waals surface area contributed by atoms with Gasteiger partial charge in [-0.25, -0.2) is 9.36 Å². The Balaban J connectivity index is 1.13. The lowest BCUT2D eigenvalue weighted by atomic mass is 9.42. The minimum atomic E-state index is -1.70. The normalized spacial score (nSPS) is 41.1. The van der Waals surface area contributed by atoms with Gasteiger partial charge in [0.1, 0.15) is 11.2 Å². The number of carbonyl (C=O) groups is 1. The van der Waals surface area contributed by atoms with Crippen molar-refractivity contribution in [2.45, 2.75) is 81.2 Å². The summed E-state index contributed by atoms with van der Waals surface area (Å²) in [6.45, 7) is 4.98. The lowest BCUT2D eigenvalue weighted by Crippen LogP contribution is -2.82. The molecule has 12 nitrogen and oxygen atoms in total. The number of rotatable bonds is 10. The van der Waals surface area contributed by atoms with Gasteiger partial charge in [0, 0.05) is 75.6 Å². The summed E-state index contributed by atoms with van der Waals surface area (Å²) in [6, 6.07) is 15.6. The molecule has 2 heterocycles. The lowest BCUT2D eigenvalue weighted by Gasteiger charge is -2.70. The summed E-state index contributed by atoms with van der Waals surface area (Å²) < 4.78 is 33.0. The number of methoxy groups -OCH3 is 4. The maximum absolute atomic E-state index is 14.4. The smallest absolute Gasteiger partial charge is 0.340 e. The molecule has 12 heteroatoms. The van der Waals surface area contributed by atoms with Crippen LogP contribution < -0.4 is 0 Å². The van der Waals surface area contributed by atoms with Crippen LogP contribution in [-0.2, 0) is 23.7 Å². The van der Waals surface area contributed by atoms with E-state index in [1.807, 2.05) is 30.3 Å². The quantitative estimate of drug-likeness (QED) is 0.219. The summed E-state index contributed by atoms with van der Waals surface area (Å²) in [5.74, 6) is -1.70. The topological polar surface area (TPSA) is 152 Å². The second kappa shape index (κ2) is 12.8. The van der Waals surface area contributed by atoms with E-state index in [2.05, 4.69) is 11.8 Å². The van der Waals surface area contributed by atoms with Crippen molar-refractivity contribution in [2.24, 2.45) is 34.5 Å². The van der Waals surface area contributed by atoms with Gasteiger partial charge in [-0.2, -0.15) is 0 Å². The number of benzene rings is 2.